The predicted octanol–water partition coefficient (Wildman–Crippen LogP) is 7.59. The van der Waals surface area contributed by atoms with Gasteiger partial charge >= 0.3 is 11.9 Å². The van der Waals surface area contributed by atoms with Gasteiger partial charge in [-0.2, -0.15) is 5.26 Å². The molecule has 0 radical (unpaired) electrons. The summed E-state index contributed by atoms with van der Waals surface area (Å²) >= 11 is 0. The van der Waals surface area contributed by atoms with Gasteiger partial charge in [0.05, 0.1) is 6.57 Å². The Kier molecular flexibility index (Phi) is 11.4. The predicted molar refractivity (Wildman–Crippen MR) is 170 cm³/mol. The number of rotatable bonds is 11. The average Bonchev–Trinajstić information content (AvgIpc) is 3.08. The Bertz CT molecular complexity index is 1560. The number of hydrogen-bond donors (Lipinski definition) is 0. The lowest BCUT2D eigenvalue weighted by Gasteiger charge is -2.08. The van der Waals surface area contributed by atoms with Gasteiger partial charge in [-0.3, -0.25) is 4.79 Å². The van der Waals surface area contributed by atoms with Gasteiger partial charge in [0.1, 0.15) is 24.9 Å². The molecule has 6 heteroatoms. The van der Waals surface area contributed by atoms with E-state index in [1.54, 1.807) is 12.2 Å². The van der Waals surface area contributed by atoms with Crippen LogP contribution in [0.3, 0.4) is 0 Å². The van der Waals surface area contributed by atoms with Gasteiger partial charge in [0.25, 0.3) is 5.70 Å². The molecule has 0 aliphatic carbocycles. The van der Waals surface area contributed by atoms with Crippen molar-refractivity contribution in [3.63, 3.8) is 0 Å². The maximum atomic E-state index is 12.6. The van der Waals surface area contributed by atoms with Crippen molar-refractivity contribution < 1.29 is 19.1 Å². The number of benzene rings is 4. The molecule has 0 fully saturated rings. The maximum Gasteiger partial charge on any atom is 0.349 e. The fourth-order valence-corrected chi connectivity index (χ4v) is 4.24. The molecule has 0 aromatic heterocycles. The molecule has 6 nitrogen and oxygen atoms in total. The number of nitriles is 1. The fourth-order valence-electron chi connectivity index (χ4n) is 4.24. The fraction of sp³-hybridized carbons (Fsp3) is 0.0526. The quantitative estimate of drug-likeness (QED) is 0.0459. The molecule has 4 aromatic carbocycles. The summed E-state index contributed by atoms with van der Waals surface area (Å²) in [6, 6.07) is 40.4. The molecular weight excluding hydrogens is 548 g/mol. The summed E-state index contributed by atoms with van der Waals surface area (Å²) in [5, 5.41) is 9.59. The molecule has 0 bridgehead atoms. The minimum Gasteiger partial charge on any atom is -0.467 e. The third-order valence-electron chi connectivity index (χ3n) is 6.38. The molecule has 0 spiro atoms. The van der Waals surface area contributed by atoms with E-state index in [2.05, 4.69) is 4.85 Å². The number of ether oxygens (including phenoxy) is 2. The molecule has 0 N–H and O–H groups in total. The molecule has 0 atom stereocenters. The lowest BCUT2D eigenvalue weighted by molar-refractivity contribution is -0.146. The van der Waals surface area contributed by atoms with Gasteiger partial charge in [-0.25, -0.2) is 9.64 Å². The number of esters is 2. The summed E-state index contributed by atoms with van der Waals surface area (Å²) in [5.74, 6) is -1.69. The van der Waals surface area contributed by atoms with Crippen LogP contribution >= 0.6 is 0 Å². The van der Waals surface area contributed by atoms with Crippen molar-refractivity contribution in [2.75, 3.05) is 13.2 Å². The van der Waals surface area contributed by atoms with Gasteiger partial charge in [0.2, 0.25) is 0 Å². The number of carbonyl (C=O) groups excluding carboxylic acids is 2. The van der Waals surface area contributed by atoms with E-state index in [4.69, 9.17) is 16.0 Å². The van der Waals surface area contributed by atoms with Gasteiger partial charge in [-0.1, -0.05) is 133 Å². The molecule has 4 rings (SSSR count). The first-order valence-electron chi connectivity index (χ1n) is 13.8. The Morgan fingerprint density at radius 2 is 0.955 bits per heavy atom. The van der Waals surface area contributed by atoms with Crippen LogP contribution in [0.15, 0.2) is 157 Å². The molecule has 0 unspecified atom stereocenters. The van der Waals surface area contributed by atoms with Crippen molar-refractivity contribution in [3.05, 3.63) is 191 Å². The van der Waals surface area contributed by atoms with Crippen LogP contribution in [0.5, 0.6) is 0 Å². The Labute approximate surface area is 256 Å². The minimum absolute atomic E-state index is 0.207. The Balaban J connectivity index is 1.40. The van der Waals surface area contributed by atoms with E-state index in [1.807, 2.05) is 127 Å². The normalized spacial score (nSPS) is 10.9. The molecular formula is C38H28N2O4. The van der Waals surface area contributed by atoms with E-state index in [1.165, 1.54) is 12.2 Å². The molecule has 214 valence electrons. The van der Waals surface area contributed by atoms with Gasteiger partial charge < -0.3 is 9.47 Å². The molecule has 0 aliphatic heterocycles. The van der Waals surface area contributed by atoms with Crippen LogP contribution < -0.4 is 0 Å². The number of allylic oxidation sites excluding steroid dienone is 4. The van der Waals surface area contributed by atoms with Crippen LogP contribution in [0.2, 0.25) is 0 Å². The summed E-state index contributed by atoms with van der Waals surface area (Å²) in [5.41, 5.74) is 4.93. The molecule has 0 aliphatic rings. The summed E-state index contributed by atoms with van der Waals surface area (Å²) in [7, 11) is 0. The van der Waals surface area contributed by atoms with Crippen molar-refractivity contribution in [1.29, 1.82) is 5.26 Å². The van der Waals surface area contributed by atoms with E-state index < -0.39 is 11.9 Å². The second kappa shape index (κ2) is 16.3. The third kappa shape index (κ3) is 8.63. The number of carbonyl (C=O) groups is 2. The van der Waals surface area contributed by atoms with Crippen molar-refractivity contribution in [2.45, 2.75) is 0 Å². The highest BCUT2D eigenvalue weighted by molar-refractivity contribution is 5.94. The first-order valence-corrected chi connectivity index (χ1v) is 13.8. The van der Waals surface area contributed by atoms with E-state index in [0.29, 0.717) is 0 Å². The van der Waals surface area contributed by atoms with Gasteiger partial charge in [0.15, 0.2) is 0 Å². The average molecular weight is 577 g/mol. The van der Waals surface area contributed by atoms with Crippen LogP contribution in [0.1, 0.15) is 22.3 Å². The van der Waals surface area contributed by atoms with Crippen LogP contribution in [0.4, 0.5) is 0 Å². The van der Waals surface area contributed by atoms with Crippen LogP contribution in [0.25, 0.3) is 16.0 Å². The SMILES string of the molecule is [C-]#[N+]C(=CC=C(c1ccccc1)c1ccccc1)C(=O)OCCOC(=O)C(C#N)=CC=C(c1ccccc1)c1ccccc1. The molecule has 0 saturated carbocycles. The summed E-state index contributed by atoms with van der Waals surface area (Å²) in [4.78, 5) is 28.5. The van der Waals surface area contributed by atoms with Crippen molar-refractivity contribution in [3.8, 4) is 6.07 Å². The minimum atomic E-state index is -0.848. The first kappa shape index (κ1) is 30.7. The highest BCUT2D eigenvalue weighted by Crippen LogP contribution is 2.25. The van der Waals surface area contributed by atoms with E-state index in [9.17, 15) is 14.9 Å². The Hall–Kier alpha value is -6.24. The highest BCUT2D eigenvalue weighted by Gasteiger charge is 2.14. The second-order valence-corrected chi connectivity index (χ2v) is 9.25. The molecule has 0 saturated heterocycles. The zero-order chi connectivity index (χ0) is 31.0. The maximum absolute atomic E-state index is 12.6. The van der Waals surface area contributed by atoms with Gasteiger partial charge in [-0.05, 0) is 45.6 Å². The molecule has 0 heterocycles. The Morgan fingerprint density at radius 3 is 1.32 bits per heavy atom. The van der Waals surface area contributed by atoms with Gasteiger partial charge in [-0.15, -0.1) is 0 Å². The highest BCUT2D eigenvalue weighted by atomic mass is 16.6. The van der Waals surface area contributed by atoms with Crippen molar-refractivity contribution in [1.82, 2.24) is 0 Å². The molecule has 4 aromatic rings. The van der Waals surface area contributed by atoms with E-state index in [0.717, 1.165) is 33.4 Å². The standard InChI is InChI=1S/C38H28N2O4/c1-40-36(25-24-35(31-18-10-4-11-19-31)32-20-12-5-13-21-32)38(42)44-27-26-43-37(41)33(28-39)22-23-34(29-14-6-2-7-15-29)30-16-8-3-9-17-30/h2-25H,26-27H2. The van der Waals surface area contributed by atoms with E-state index >= 15 is 0 Å². The second-order valence-electron chi connectivity index (χ2n) is 9.25. The van der Waals surface area contributed by atoms with Crippen LogP contribution in [-0.2, 0) is 19.1 Å². The van der Waals surface area contributed by atoms with Crippen LogP contribution in [-0.4, -0.2) is 25.2 Å². The lowest BCUT2D eigenvalue weighted by Crippen LogP contribution is -2.15. The Morgan fingerprint density at radius 1 is 0.591 bits per heavy atom. The third-order valence-corrected chi connectivity index (χ3v) is 6.38. The van der Waals surface area contributed by atoms with E-state index in [-0.39, 0.29) is 24.5 Å². The summed E-state index contributed by atoms with van der Waals surface area (Å²) in [6.45, 7) is 6.91. The first-order chi connectivity index (χ1) is 21.6. The molecule has 44 heavy (non-hydrogen) atoms. The summed E-state index contributed by atoms with van der Waals surface area (Å²) < 4.78 is 10.3. The largest absolute Gasteiger partial charge is 0.467 e. The lowest BCUT2D eigenvalue weighted by atomic mass is 9.97. The van der Waals surface area contributed by atoms with Crippen molar-refractivity contribution >= 4 is 23.1 Å². The monoisotopic (exact) mass is 576 g/mol. The number of hydrogen-bond acceptors (Lipinski definition) is 5. The number of nitrogens with zero attached hydrogens (tertiary/aromatic N) is 2. The van der Waals surface area contributed by atoms with Crippen molar-refractivity contribution in [2.24, 2.45) is 0 Å². The van der Waals surface area contributed by atoms with Crippen LogP contribution in [0, 0.1) is 17.9 Å². The zero-order valence-electron chi connectivity index (χ0n) is 23.8. The molecule has 0 amide bonds. The van der Waals surface area contributed by atoms with Gasteiger partial charge in [0, 0.05) is 0 Å². The smallest absolute Gasteiger partial charge is 0.349 e. The summed E-state index contributed by atoms with van der Waals surface area (Å²) in [6.07, 6.45) is 6.23. The zero-order valence-corrected chi connectivity index (χ0v) is 23.8. The topological polar surface area (TPSA) is 80.8 Å².